The molecular formula is C23H39NO. The van der Waals surface area contributed by atoms with Gasteiger partial charge in [0.25, 0.3) is 0 Å². The molecule has 1 aliphatic heterocycles. The molecule has 142 valence electrons. The second-order valence-electron chi connectivity index (χ2n) is 8.25. The summed E-state index contributed by atoms with van der Waals surface area (Å²) in [5.74, 6) is 0.663. The van der Waals surface area contributed by atoms with E-state index >= 15 is 0 Å². The maximum absolute atomic E-state index is 5.98. The van der Waals surface area contributed by atoms with Gasteiger partial charge in [0, 0.05) is 12.6 Å². The van der Waals surface area contributed by atoms with E-state index in [1.165, 1.54) is 36.8 Å². The van der Waals surface area contributed by atoms with Gasteiger partial charge in [0.05, 0.1) is 12.2 Å². The molecule has 1 heterocycles. The largest absolute Gasteiger partial charge is 0.373 e. The fraction of sp³-hybridized carbons (Fsp3) is 0.739. The maximum atomic E-state index is 5.98. The van der Waals surface area contributed by atoms with Crippen molar-refractivity contribution >= 4 is 0 Å². The van der Waals surface area contributed by atoms with Gasteiger partial charge in [-0.1, -0.05) is 52.0 Å². The van der Waals surface area contributed by atoms with Gasteiger partial charge in [0.1, 0.15) is 0 Å². The van der Waals surface area contributed by atoms with E-state index in [9.17, 15) is 0 Å². The van der Waals surface area contributed by atoms with Crippen LogP contribution >= 0.6 is 0 Å². The lowest BCUT2D eigenvalue weighted by atomic mass is 9.73. The van der Waals surface area contributed by atoms with Gasteiger partial charge in [-0.05, 0) is 68.4 Å². The molecule has 1 aromatic carbocycles. The normalized spacial score (nSPS) is 25.8. The van der Waals surface area contributed by atoms with Gasteiger partial charge in [-0.2, -0.15) is 0 Å². The second-order valence-corrected chi connectivity index (χ2v) is 8.25. The molecule has 1 fully saturated rings. The van der Waals surface area contributed by atoms with Gasteiger partial charge in [-0.25, -0.2) is 0 Å². The van der Waals surface area contributed by atoms with Crippen LogP contribution in [0, 0.1) is 5.92 Å². The zero-order valence-electron chi connectivity index (χ0n) is 17.3. The highest BCUT2D eigenvalue weighted by atomic mass is 16.5. The Morgan fingerprint density at radius 2 is 1.68 bits per heavy atom. The highest BCUT2D eigenvalue weighted by Gasteiger charge is 2.27. The van der Waals surface area contributed by atoms with Gasteiger partial charge in [0.2, 0.25) is 0 Å². The highest BCUT2D eigenvalue weighted by molar-refractivity contribution is 5.29. The lowest BCUT2D eigenvalue weighted by Crippen LogP contribution is -2.51. The Kier molecular flexibility index (Phi) is 7.51. The van der Waals surface area contributed by atoms with E-state index in [2.05, 4.69) is 71.1 Å². The summed E-state index contributed by atoms with van der Waals surface area (Å²) in [7, 11) is 0. The zero-order valence-corrected chi connectivity index (χ0v) is 17.3. The Labute approximate surface area is 155 Å². The molecule has 0 bridgehead atoms. The Balaban J connectivity index is 1.94. The molecular weight excluding hydrogens is 306 g/mol. The van der Waals surface area contributed by atoms with Crippen LogP contribution in [0.25, 0.3) is 0 Å². The van der Waals surface area contributed by atoms with Gasteiger partial charge < -0.3 is 10.1 Å². The van der Waals surface area contributed by atoms with Crippen molar-refractivity contribution in [3.05, 3.63) is 35.4 Å². The Morgan fingerprint density at radius 3 is 2.20 bits per heavy atom. The molecule has 0 aliphatic carbocycles. The van der Waals surface area contributed by atoms with E-state index in [0.717, 1.165) is 13.0 Å². The molecule has 4 unspecified atom stereocenters. The zero-order chi connectivity index (χ0) is 18.4. The molecule has 0 aromatic heterocycles. The summed E-state index contributed by atoms with van der Waals surface area (Å²) in [5.41, 5.74) is 3.34. The molecule has 4 atom stereocenters. The number of benzene rings is 1. The van der Waals surface area contributed by atoms with Crippen LogP contribution in [0.4, 0.5) is 0 Å². The standard InChI is InChI=1S/C23H39NO/c1-7-23(8-2,9-3)21-12-10-20(11-13-21)14-17(4)15-22-19(6)25-18(5)16-24-22/h10-13,17-19,22,24H,7-9,14-16H2,1-6H3. The minimum atomic E-state index is 0.313. The SMILES string of the molecule is CCC(CC)(CC)c1ccc(CC(C)CC2NCC(C)OC2C)cc1. The van der Waals surface area contributed by atoms with Crippen LogP contribution < -0.4 is 5.32 Å². The molecule has 25 heavy (non-hydrogen) atoms. The van der Waals surface area contributed by atoms with Crippen LogP contribution in [0.2, 0.25) is 0 Å². The lowest BCUT2D eigenvalue weighted by molar-refractivity contribution is -0.0481. The second kappa shape index (κ2) is 9.19. The van der Waals surface area contributed by atoms with Crippen molar-refractivity contribution < 1.29 is 4.74 Å². The molecule has 2 rings (SSSR count). The van der Waals surface area contributed by atoms with Crippen molar-refractivity contribution in [2.75, 3.05) is 6.54 Å². The van der Waals surface area contributed by atoms with Crippen molar-refractivity contribution in [1.82, 2.24) is 5.32 Å². The predicted molar refractivity (Wildman–Crippen MR) is 108 cm³/mol. The summed E-state index contributed by atoms with van der Waals surface area (Å²) in [5, 5.41) is 3.66. The van der Waals surface area contributed by atoms with Crippen LogP contribution in [0.5, 0.6) is 0 Å². The third kappa shape index (κ3) is 5.08. The summed E-state index contributed by atoms with van der Waals surface area (Å²) in [6.45, 7) is 14.7. The number of hydrogen-bond donors (Lipinski definition) is 1. The molecule has 0 radical (unpaired) electrons. The summed E-state index contributed by atoms with van der Waals surface area (Å²) in [4.78, 5) is 0. The molecule has 2 heteroatoms. The number of ether oxygens (including phenoxy) is 1. The van der Waals surface area contributed by atoms with Crippen LogP contribution in [-0.2, 0) is 16.6 Å². The van der Waals surface area contributed by atoms with Gasteiger partial charge in [0.15, 0.2) is 0 Å². The maximum Gasteiger partial charge on any atom is 0.0704 e. The quantitative estimate of drug-likeness (QED) is 0.673. The predicted octanol–water partition coefficient (Wildman–Crippen LogP) is 5.49. The fourth-order valence-electron chi connectivity index (χ4n) is 4.54. The van der Waals surface area contributed by atoms with Gasteiger partial charge >= 0.3 is 0 Å². The monoisotopic (exact) mass is 345 g/mol. The topological polar surface area (TPSA) is 21.3 Å². The minimum Gasteiger partial charge on any atom is -0.373 e. The average molecular weight is 346 g/mol. The first kappa shape index (κ1) is 20.5. The summed E-state index contributed by atoms with van der Waals surface area (Å²) in [6, 6.07) is 9.96. The smallest absolute Gasteiger partial charge is 0.0704 e. The van der Waals surface area contributed by atoms with Crippen molar-refractivity contribution in [3.63, 3.8) is 0 Å². The van der Waals surface area contributed by atoms with Crippen LogP contribution in [0.1, 0.15) is 78.4 Å². The number of nitrogens with one attached hydrogen (secondary N) is 1. The first-order valence-corrected chi connectivity index (χ1v) is 10.4. The van der Waals surface area contributed by atoms with E-state index in [4.69, 9.17) is 4.74 Å². The molecule has 0 saturated carbocycles. The highest BCUT2D eigenvalue weighted by Crippen LogP contribution is 2.35. The number of morpholine rings is 1. The van der Waals surface area contributed by atoms with Crippen molar-refractivity contribution in [2.24, 2.45) is 5.92 Å². The van der Waals surface area contributed by atoms with E-state index in [-0.39, 0.29) is 0 Å². The van der Waals surface area contributed by atoms with Crippen LogP contribution in [-0.4, -0.2) is 24.8 Å². The first-order chi connectivity index (χ1) is 11.9. The van der Waals surface area contributed by atoms with Gasteiger partial charge in [-0.15, -0.1) is 0 Å². The average Bonchev–Trinajstić information content (AvgIpc) is 2.61. The van der Waals surface area contributed by atoms with E-state index in [0.29, 0.717) is 29.6 Å². The first-order valence-electron chi connectivity index (χ1n) is 10.4. The third-order valence-corrected chi connectivity index (χ3v) is 6.52. The minimum absolute atomic E-state index is 0.313. The third-order valence-electron chi connectivity index (χ3n) is 6.52. The Bertz CT molecular complexity index is 497. The summed E-state index contributed by atoms with van der Waals surface area (Å²) < 4.78 is 5.98. The molecule has 1 aliphatic rings. The van der Waals surface area contributed by atoms with Crippen molar-refractivity contribution in [2.45, 2.75) is 97.3 Å². The number of rotatable bonds is 8. The molecule has 0 spiro atoms. The Hall–Kier alpha value is -0.860. The van der Waals surface area contributed by atoms with E-state index in [1.54, 1.807) is 0 Å². The van der Waals surface area contributed by atoms with Crippen LogP contribution in [0.15, 0.2) is 24.3 Å². The van der Waals surface area contributed by atoms with E-state index in [1.807, 2.05) is 0 Å². The molecule has 1 aromatic rings. The summed E-state index contributed by atoms with van der Waals surface area (Å²) >= 11 is 0. The lowest BCUT2D eigenvalue weighted by Gasteiger charge is -2.35. The molecule has 1 saturated heterocycles. The van der Waals surface area contributed by atoms with E-state index < -0.39 is 0 Å². The fourth-order valence-corrected chi connectivity index (χ4v) is 4.54. The molecule has 2 nitrogen and oxygen atoms in total. The van der Waals surface area contributed by atoms with Crippen molar-refractivity contribution in [1.29, 1.82) is 0 Å². The number of hydrogen-bond acceptors (Lipinski definition) is 2. The van der Waals surface area contributed by atoms with Crippen LogP contribution in [0.3, 0.4) is 0 Å². The van der Waals surface area contributed by atoms with Crippen molar-refractivity contribution in [3.8, 4) is 0 Å². The molecule has 1 N–H and O–H groups in total. The molecule has 0 amide bonds. The summed E-state index contributed by atoms with van der Waals surface area (Å²) in [6.07, 6.45) is 6.65. The van der Waals surface area contributed by atoms with Gasteiger partial charge in [-0.3, -0.25) is 0 Å². The Morgan fingerprint density at radius 1 is 1.08 bits per heavy atom.